The average molecular weight is 356 g/mol. The van der Waals surface area contributed by atoms with Gasteiger partial charge in [-0.1, -0.05) is 52.3 Å². The van der Waals surface area contributed by atoms with Crippen molar-refractivity contribution < 1.29 is 4.79 Å². The SMILES string of the molecule is CC1(C)Cc2ccc(Br)cc2C(CC(=O)c2ccccc2)=N1. The predicted molar refractivity (Wildman–Crippen MR) is 93.9 cm³/mol. The maximum Gasteiger partial charge on any atom is 0.168 e. The Balaban J connectivity index is 1.96. The Morgan fingerprint density at radius 1 is 1.18 bits per heavy atom. The molecule has 3 rings (SSSR count). The van der Waals surface area contributed by atoms with Gasteiger partial charge in [0, 0.05) is 15.6 Å². The number of Topliss-reactive ketones (excluding diaryl/α,β-unsaturated/α-hetero) is 1. The lowest BCUT2D eigenvalue weighted by molar-refractivity contribution is 0.100. The molecule has 0 saturated heterocycles. The van der Waals surface area contributed by atoms with Gasteiger partial charge < -0.3 is 0 Å². The lowest BCUT2D eigenvalue weighted by Crippen LogP contribution is -2.30. The molecule has 0 aliphatic carbocycles. The number of carbonyl (C=O) groups excluding carboxylic acids is 1. The number of benzene rings is 2. The Labute approximate surface area is 139 Å². The topological polar surface area (TPSA) is 29.4 Å². The Hall–Kier alpha value is -1.74. The molecule has 1 heterocycles. The molecule has 3 heteroatoms. The van der Waals surface area contributed by atoms with Crippen LogP contribution in [0.4, 0.5) is 0 Å². The van der Waals surface area contributed by atoms with Gasteiger partial charge in [-0.15, -0.1) is 0 Å². The van der Waals surface area contributed by atoms with Crippen molar-refractivity contribution in [1.82, 2.24) is 0 Å². The van der Waals surface area contributed by atoms with Crippen molar-refractivity contribution >= 4 is 27.4 Å². The van der Waals surface area contributed by atoms with Crippen molar-refractivity contribution in [3.8, 4) is 0 Å². The first-order chi connectivity index (χ1) is 10.4. The third-order valence-corrected chi connectivity index (χ3v) is 4.36. The normalized spacial score (nSPS) is 15.9. The molecular formula is C19H18BrNO. The predicted octanol–water partition coefficient (Wildman–Crippen LogP) is 4.85. The van der Waals surface area contributed by atoms with Crippen LogP contribution in [0.2, 0.25) is 0 Å². The van der Waals surface area contributed by atoms with Crippen LogP contribution < -0.4 is 0 Å². The fourth-order valence-electron chi connectivity index (χ4n) is 2.92. The third-order valence-electron chi connectivity index (χ3n) is 3.87. The summed E-state index contributed by atoms with van der Waals surface area (Å²) < 4.78 is 1.02. The molecule has 0 bridgehead atoms. The van der Waals surface area contributed by atoms with Gasteiger partial charge in [-0.3, -0.25) is 9.79 Å². The number of aliphatic imine (C=N–C) groups is 1. The van der Waals surface area contributed by atoms with Crippen LogP contribution in [0.3, 0.4) is 0 Å². The lowest BCUT2D eigenvalue weighted by atomic mass is 9.85. The smallest absolute Gasteiger partial charge is 0.168 e. The molecular weight excluding hydrogens is 338 g/mol. The van der Waals surface area contributed by atoms with E-state index in [9.17, 15) is 4.79 Å². The van der Waals surface area contributed by atoms with Crippen LogP contribution in [-0.4, -0.2) is 17.0 Å². The zero-order chi connectivity index (χ0) is 15.7. The van der Waals surface area contributed by atoms with E-state index in [1.807, 2.05) is 30.3 Å². The number of halogens is 1. The molecule has 112 valence electrons. The zero-order valence-electron chi connectivity index (χ0n) is 12.8. The minimum Gasteiger partial charge on any atom is -0.294 e. The van der Waals surface area contributed by atoms with Crippen molar-refractivity contribution in [3.63, 3.8) is 0 Å². The van der Waals surface area contributed by atoms with Gasteiger partial charge in [0.25, 0.3) is 0 Å². The number of hydrogen-bond donors (Lipinski definition) is 0. The number of nitrogens with zero attached hydrogens (tertiary/aromatic N) is 1. The average Bonchev–Trinajstić information content (AvgIpc) is 2.48. The van der Waals surface area contributed by atoms with Crippen LogP contribution in [0.5, 0.6) is 0 Å². The van der Waals surface area contributed by atoms with Crippen LogP contribution in [0.25, 0.3) is 0 Å². The van der Waals surface area contributed by atoms with Crippen LogP contribution in [0.1, 0.15) is 41.8 Å². The van der Waals surface area contributed by atoms with E-state index in [1.165, 1.54) is 5.56 Å². The largest absolute Gasteiger partial charge is 0.294 e. The highest BCUT2D eigenvalue weighted by molar-refractivity contribution is 9.10. The second kappa shape index (κ2) is 5.81. The van der Waals surface area contributed by atoms with Crippen LogP contribution in [-0.2, 0) is 6.42 Å². The third kappa shape index (κ3) is 3.20. The molecule has 0 unspecified atom stereocenters. The lowest BCUT2D eigenvalue weighted by Gasteiger charge is -2.29. The highest BCUT2D eigenvalue weighted by Gasteiger charge is 2.27. The summed E-state index contributed by atoms with van der Waals surface area (Å²) in [6, 6.07) is 15.7. The maximum absolute atomic E-state index is 12.5. The molecule has 0 aromatic heterocycles. The first-order valence-corrected chi connectivity index (χ1v) is 8.20. The van der Waals surface area contributed by atoms with Gasteiger partial charge in [0.1, 0.15) is 0 Å². The quantitative estimate of drug-likeness (QED) is 0.723. The molecule has 0 amide bonds. The van der Waals surface area contributed by atoms with Gasteiger partial charge in [0.05, 0.1) is 17.7 Å². The Morgan fingerprint density at radius 3 is 2.64 bits per heavy atom. The number of rotatable bonds is 3. The van der Waals surface area contributed by atoms with E-state index in [-0.39, 0.29) is 11.3 Å². The van der Waals surface area contributed by atoms with Gasteiger partial charge in [0.2, 0.25) is 0 Å². The molecule has 0 spiro atoms. The second-order valence-corrected chi connectivity index (χ2v) is 7.23. The molecule has 2 aromatic carbocycles. The van der Waals surface area contributed by atoms with Crippen LogP contribution in [0.15, 0.2) is 58.0 Å². The summed E-state index contributed by atoms with van der Waals surface area (Å²) in [7, 11) is 0. The zero-order valence-corrected chi connectivity index (χ0v) is 14.4. The van der Waals surface area contributed by atoms with E-state index in [1.54, 1.807) is 0 Å². The standard InChI is InChI=1S/C19H18BrNO/c1-19(2)12-14-8-9-15(20)10-16(14)17(21-19)11-18(22)13-6-4-3-5-7-13/h3-10H,11-12H2,1-2H3. The number of carbonyl (C=O) groups is 1. The monoisotopic (exact) mass is 355 g/mol. The Bertz CT molecular complexity index is 747. The van der Waals surface area contributed by atoms with E-state index < -0.39 is 0 Å². The van der Waals surface area contributed by atoms with E-state index in [0.717, 1.165) is 27.7 Å². The molecule has 0 saturated carbocycles. The summed E-state index contributed by atoms with van der Waals surface area (Å²) in [6.45, 7) is 4.23. The number of hydrogen-bond acceptors (Lipinski definition) is 2. The molecule has 1 aliphatic rings. The molecule has 0 radical (unpaired) electrons. The second-order valence-electron chi connectivity index (χ2n) is 6.32. The Kier molecular flexibility index (Phi) is 4.00. The molecule has 2 aromatic rings. The van der Waals surface area contributed by atoms with E-state index in [0.29, 0.717) is 6.42 Å². The van der Waals surface area contributed by atoms with Crippen molar-refractivity contribution in [2.24, 2.45) is 4.99 Å². The molecule has 2 nitrogen and oxygen atoms in total. The van der Waals surface area contributed by atoms with Crippen molar-refractivity contribution in [3.05, 3.63) is 69.7 Å². The van der Waals surface area contributed by atoms with Gasteiger partial charge in [-0.2, -0.15) is 0 Å². The summed E-state index contributed by atoms with van der Waals surface area (Å²) in [6.07, 6.45) is 1.25. The van der Waals surface area contributed by atoms with E-state index in [2.05, 4.69) is 48.0 Å². The molecule has 0 atom stereocenters. The molecule has 0 N–H and O–H groups in total. The van der Waals surface area contributed by atoms with Crippen molar-refractivity contribution in [1.29, 1.82) is 0 Å². The van der Waals surface area contributed by atoms with Crippen molar-refractivity contribution in [2.75, 3.05) is 0 Å². The Morgan fingerprint density at radius 2 is 1.91 bits per heavy atom. The minimum atomic E-state index is -0.160. The number of ketones is 1. The minimum absolute atomic E-state index is 0.114. The number of fused-ring (bicyclic) bond motifs is 1. The van der Waals surface area contributed by atoms with Crippen LogP contribution in [0, 0.1) is 0 Å². The van der Waals surface area contributed by atoms with Gasteiger partial charge in [0.15, 0.2) is 5.78 Å². The van der Waals surface area contributed by atoms with Gasteiger partial charge in [-0.25, -0.2) is 0 Å². The molecule has 22 heavy (non-hydrogen) atoms. The summed E-state index contributed by atoms with van der Waals surface area (Å²) in [5, 5.41) is 0. The fourth-order valence-corrected chi connectivity index (χ4v) is 3.28. The molecule has 0 fully saturated rings. The summed E-state index contributed by atoms with van der Waals surface area (Å²) in [4.78, 5) is 17.4. The summed E-state index contributed by atoms with van der Waals surface area (Å²) in [5.41, 5.74) is 3.83. The van der Waals surface area contributed by atoms with Gasteiger partial charge >= 0.3 is 0 Å². The summed E-state index contributed by atoms with van der Waals surface area (Å²) >= 11 is 3.52. The highest BCUT2D eigenvalue weighted by atomic mass is 79.9. The first kappa shape index (κ1) is 15.2. The maximum atomic E-state index is 12.5. The fraction of sp³-hybridized carbons (Fsp3) is 0.263. The van der Waals surface area contributed by atoms with Crippen molar-refractivity contribution in [2.45, 2.75) is 32.2 Å². The first-order valence-electron chi connectivity index (χ1n) is 7.40. The van der Waals surface area contributed by atoms with Gasteiger partial charge in [-0.05, 0) is 38.0 Å². The highest BCUT2D eigenvalue weighted by Crippen LogP contribution is 2.30. The van der Waals surface area contributed by atoms with E-state index in [4.69, 9.17) is 4.99 Å². The molecule has 1 aliphatic heterocycles. The van der Waals surface area contributed by atoms with E-state index >= 15 is 0 Å². The van der Waals surface area contributed by atoms with Crippen LogP contribution >= 0.6 is 15.9 Å². The summed E-state index contributed by atoms with van der Waals surface area (Å²) in [5.74, 6) is 0.114.